The van der Waals surface area contributed by atoms with Gasteiger partial charge in [0.05, 0.1) is 4.90 Å². The van der Waals surface area contributed by atoms with Crippen molar-refractivity contribution < 1.29 is 13.2 Å². The quantitative estimate of drug-likeness (QED) is 0.775. The minimum absolute atomic E-state index is 0.0909. The predicted octanol–water partition coefficient (Wildman–Crippen LogP) is 2.72. The van der Waals surface area contributed by atoms with E-state index in [1.165, 1.54) is 32.3 Å². The van der Waals surface area contributed by atoms with E-state index in [-0.39, 0.29) is 10.0 Å². The first-order valence-corrected chi connectivity index (χ1v) is 9.33. The molecule has 2 aromatic carbocycles. The second-order valence-electron chi connectivity index (χ2n) is 5.23. The third-order valence-corrected chi connectivity index (χ3v) is 5.47. The van der Waals surface area contributed by atoms with Crippen molar-refractivity contribution in [3.63, 3.8) is 0 Å². The molecule has 0 saturated carbocycles. The standard InChI is InChI=1S/C16H16ClN3O3S2/c1-20(2)25(22,23)14-8-6-13(7-9-14)18-16(24)19-15(21)11-4-3-5-12(17)10-11/h3-10H,1-2H3,(H2,18,19,21,24). The summed E-state index contributed by atoms with van der Waals surface area (Å²) in [5, 5.41) is 5.89. The second kappa shape index (κ2) is 7.92. The molecule has 1 amide bonds. The third kappa shape index (κ3) is 4.99. The Morgan fingerprint density at radius 2 is 1.76 bits per heavy atom. The molecule has 2 aromatic rings. The Morgan fingerprint density at radius 1 is 1.12 bits per heavy atom. The molecule has 0 radical (unpaired) electrons. The van der Waals surface area contributed by atoms with Crippen LogP contribution in [0.3, 0.4) is 0 Å². The van der Waals surface area contributed by atoms with Gasteiger partial charge in [-0.05, 0) is 54.7 Å². The van der Waals surface area contributed by atoms with Crippen LogP contribution in [-0.2, 0) is 10.0 Å². The summed E-state index contributed by atoms with van der Waals surface area (Å²) in [7, 11) is -0.570. The van der Waals surface area contributed by atoms with Crippen molar-refractivity contribution in [1.82, 2.24) is 9.62 Å². The molecule has 132 valence electrons. The van der Waals surface area contributed by atoms with E-state index in [1.807, 2.05) is 0 Å². The molecule has 2 N–H and O–H groups in total. The lowest BCUT2D eigenvalue weighted by molar-refractivity contribution is 0.0977. The summed E-state index contributed by atoms with van der Waals surface area (Å²) in [5.41, 5.74) is 0.929. The lowest BCUT2D eigenvalue weighted by Crippen LogP contribution is -2.34. The number of carbonyl (C=O) groups is 1. The Labute approximate surface area is 156 Å². The van der Waals surface area contributed by atoms with Crippen molar-refractivity contribution in [3.8, 4) is 0 Å². The van der Waals surface area contributed by atoms with Gasteiger partial charge in [-0.2, -0.15) is 0 Å². The molecule has 0 saturated heterocycles. The van der Waals surface area contributed by atoms with Crippen LogP contribution < -0.4 is 10.6 Å². The van der Waals surface area contributed by atoms with E-state index in [9.17, 15) is 13.2 Å². The van der Waals surface area contributed by atoms with Gasteiger partial charge in [0.1, 0.15) is 0 Å². The van der Waals surface area contributed by atoms with Crippen molar-refractivity contribution in [2.45, 2.75) is 4.90 Å². The van der Waals surface area contributed by atoms with Crippen LogP contribution in [0.2, 0.25) is 5.02 Å². The zero-order chi connectivity index (χ0) is 18.6. The summed E-state index contributed by atoms with van der Waals surface area (Å²) in [5.74, 6) is -0.396. The van der Waals surface area contributed by atoms with Gasteiger partial charge in [0.15, 0.2) is 5.11 Å². The van der Waals surface area contributed by atoms with Crippen LogP contribution in [0.4, 0.5) is 5.69 Å². The van der Waals surface area contributed by atoms with E-state index in [2.05, 4.69) is 10.6 Å². The molecule has 6 nitrogen and oxygen atoms in total. The predicted molar refractivity (Wildman–Crippen MR) is 102 cm³/mol. The highest BCUT2D eigenvalue weighted by Crippen LogP contribution is 2.16. The minimum atomic E-state index is -3.49. The van der Waals surface area contributed by atoms with Gasteiger partial charge in [0.2, 0.25) is 10.0 Å². The number of hydrogen-bond acceptors (Lipinski definition) is 4. The topological polar surface area (TPSA) is 78.5 Å². The first-order chi connectivity index (χ1) is 11.7. The van der Waals surface area contributed by atoms with E-state index in [1.54, 1.807) is 30.3 Å². The van der Waals surface area contributed by atoms with Gasteiger partial charge in [0.25, 0.3) is 5.91 Å². The highest BCUT2D eigenvalue weighted by atomic mass is 35.5. The van der Waals surface area contributed by atoms with Crippen LogP contribution >= 0.6 is 23.8 Å². The van der Waals surface area contributed by atoms with Gasteiger partial charge in [-0.3, -0.25) is 10.1 Å². The number of nitrogens with one attached hydrogen (secondary N) is 2. The van der Waals surface area contributed by atoms with Crippen molar-refractivity contribution in [2.75, 3.05) is 19.4 Å². The van der Waals surface area contributed by atoms with Crippen molar-refractivity contribution in [2.24, 2.45) is 0 Å². The lowest BCUT2D eigenvalue weighted by atomic mass is 10.2. The van der Waals surface area contributed by atoms with Crippen molar-refractivity contribution in [1.29, 1.82) is 0 Å². The first kappa shape index (κ1) is 19.3. The second-order valence-corrected chi connectivity index (χ2v) is 8.23. The molecular formula is C16H16ClN3O3S2. The average molecular weight is 398 g/mol. The number of hydrogen-bond donors (Lipinski definition) is 2. The zero-order valence-electron chi connectivity index (χ0n) is 13.5. The SMILES string of the molecule is CN(C)S(=O)(=O)c1ccc(NC(=S)NC(=O)c2cccc(Cl)c2)cc1. The minimum Gasteiger partial charge on any atom is -0.332 e. The Balaban J connectivity index is 2.02. The monoisotopic (exact) mass is 397 g/mol. The van der Waals surface area contributed by atoms with E-state index in [4.69, 9.17) is 23.8 Å². The number of carbonyl (C=O) groups excluding carboxylic acids is 1. The van der Waals surface area contributed by atoms with Crippen LogP contribution in [-0.4, -0.2) is 37.8 Å². The van der Waals surface area contributed by atoms with Crippen LogP contribution in [0.15, 0.2) is 53.4 Å². The molecule has 0 aliphatic rings. The maximum absolute atomic E-state index is 12.1. The van der Waals surface area contributed by atoms with E-state index < -0.39 is 15.9 Å². The van der Waals surface area contributed by atoms with Gasteiger partial charge >= 0.3 is 0 Å². The van der Waals surface area contributed by atoms with Gasteiger partial charge in [-0.25, -0.2) is 12.7 Å². The van der Waals surface area contributed by atoms with Gasteiger partial charge in [-0.15, -0.1) is 0 Å². The molecule has 0 spiro atoms. The lowest BCUT2D eigenvalue weighted by Gasteiger charge is -2.13. The number of halogens is 1. The Morgan fingerprint density at radius 3 is 2.32 bits per heavy atom. The molecule has 0 bridgehead atoms. The number of nitrogens with zero attached hydrogens (tertiary/aromatic N) is 1. The number of benzene rings is 2. The summed E-state index contributed by atoms with van der Waals surface area (Å²) in [6.45, 7) is 0. The molecule has 0 unspecified atom stereocenters. The molecule has 25 heavy (non-hydrogen) atoms. The molecule has 0 heterocycles. The van der Waals surface area contributed by atoms with Gasteiger partial charge < -0.3 is 5.32 Å². The maximum atomic E-state index is 12.1. The Hall–Kier alpha value is -2.00. The van der Waals surface area contributed by atoms with E-state index in [0.717, 1.165) is 4.31 Å². The normalized spacial score (nSPS) is 11.2. The van der Waals surface area contributed by atoms with Gasteiger partial charge in [-0.1, -0.05) is 17.7 Å². The summed E-state index contributed by atoms with van der Waals surface area (Å²) < 4.78 is 25.1. The van der Waals surface area contributed by atoms with Crippen molar-refractivity contribution >= 4 is 50.5 Å². The Kier molecular flexibility index (Phi) is 6.12. The zero-order valence-corrected chi connectivity index (χ0v) is 15.9. The highest BCUT2D eigenvalue weighted by molar-refractivity contribution is 7.89. The summed E-state index contributed by atoms with van der Waals surface area (Å²) >= 11 is 10.9. The molecule has 2 rings (SSSR count). The summed E-state index contributed by atoms with van der Waals surface area (Å²) in [6, 6.07) is 12.5. The van der Waals surface area contributed by atoms with Crippen LogP contribution in [0.5, 0.6) is 0 Å². The largest absolute Gasteiger partial charge is 0.332 e. The van der Waals surface area contributed by atoms with E-state index >= 15 is 0 Å². The number of sulfonamides is 1. The molecule has 9 heteroatoms. The fourth-order valence-electron chi connectivity index (χ4n) is 1.89. The summed E-state index contributed by atoms with van der Waals surface area (Å²) in [6.07, 6.45) is 0. The van der Waals surface area contributed by atoms with Gasteiger partial charge in [0, 0.05) is 30.4 Å². The summed E-state index contributed by atoms with van der Waals surface area (Å²) in [4.78, 5) is 12.2. The molecule has 0 atom stereocenters. The Bertz CT molecular complexity index is 897. The highest BCUT2D eigenvalue weighted by Gasteiger charge is 2.16. The fraction of sp³-hybridized carbons (Fsp3) is 0.125. The molecule has 0 fully saturated rings. The smallest absolute Gasteiger partial charge is 0.257 e. The number of amides is 1. The fourth-order valence-corrected chi connectivity index (χ4v) is 3.19. The number of thiocarbonyl (C=S) groups is 1. The maximum Gasteiger partial charge on any atom is 0.257 e. The molecule has 0 aliphatic carbocycles. The molecule has 0 aliphatic heterocycles. The third-order valence-electron chi connectivity index (χ3n) is 3.20. The van der Waals surface area contributed by atoms with Crippen LogP contribution in [0, 0.1) is 0 Å². The molecule has 0 aromatic heterocycles. The average Bonchev–Trinajstić information content (AvgIpc) is 2.55. The van der Waals surface area contributed by atoms with Crippen molar-refractivity contribution in [3.05, 3.63) is 59.1 Å². The van der Waals surface area contributed by atoms with Crippen LogP contribution in [0.25, 0.3) is 0 Å². The number of anilines is 1. The first-order valence-electron chi connectivity index (χ1n) is 7.10. The van der Waals surface area contributed by atoms with Crippen LogP contribution in [0.1, 0.15) is 10.4 Å². The number of rotatable bonds is 4. The van der Waals surface area contributed by atoms with E-state index in [0.29, 0.717) is 16.3 Å². The molecular weight excluding hydrogens is 382 g/mol.